The lowest BCUT2D eigenvalue weighted by molar-refractivity contribution is 0.669. The maximum Gasteiger partial charge on any atom is 0.159 e. The summed E-state index contributed by atoms with van der Waals surface area (Å²) in [6.07, 6.45) is 0. The second kappa shape index (κ2) is 10.8. The van der Waals surface area contributed by atoms with Gasteiger partial charge in [-0.1, -0.05) is 140 Å². The molecule has 0 atom stereocenters. The second-order valence-electron chi connectivity index (χ2n) is 11.7. The average Bonchev–Trinajstić information content (AvgIpc) is 3.52. The third-order valence-corrected chi connectivity index (χ3v) is 9.05. The number of para-hydroxylation sites is 2. The van der Waals surface area contributed by atoms with Crippen molar-refractivity contribution in [1.29, 1.82) is 0 Å². The van der Waals surface area contributed by atoms with Gasteiger partial charge in [-0.25, -0.2) is 0 Å². The average molecular weight is 588 g/mol. The fourth-order valence-electron chi connectivity index (χ4n) is 6.87. The molecule has 0 aliphatic heterocycles. The van der Waals surface area contributed by atoms with E-state index in [1.54, 1.807) is 0 Å². The molecule has 2 nitrogen and oxygen atoms in total. The molecule has 2 heteroatoms. The van der Waals surface area contributed by atoms with Crippen molar-refractivity contribution in [2.45, 2.75) is 0 Å². The Morgan fingerprint density at radius 1 is 0.370 bits per heavy atom. The van der Waals surface area contributed by atoms with Crippen LogP contribution in [0.25, 0.3) is 65.7 Å². The van der Waals surface area contributed by atoms with Gasteiger partial charge in [0, 0.05) is 21.8 Å². The number of hydrogen-bond acceptors (Lipinski definition) is 2. The molecule has 1 aromatic heterocycles. The highest BCUT2D eigenvalue weighted by atomic mass is 16.3. The van der Waals surface area contributed by atoms with E-state index in [9.17, 15) is 0 Å². The van der Waals surface area contributed by atoms with E-state index < -0.39 is 0 Å². The zero-order valence-corrected chi connectivity index (χ0v) is 25.1. The highest BCUT2D eigenvalue weighted by Gasteiger charge is 2.21. The summed E-state index contributed by atoms with van der Waals surface area (Å²) in [6.45, 7) is 0. The minimum absolute atomic E-state index is 0.878. The number of nitrogens with zero attached hydrogens (tertiary/aromatic N) is 1. The third-order valence-electron chi connectivity index (χ3n) is 9.05. The molecule has 9 rings (SSSR count). The normalized spacial score (nSPS) is 11.5. The Kier molecular flexibility index (Phi) is 6.17. The van der Waals surface area contributed by atoms with Gasteiger partial charge in [0.15, 0.2) is 5.58 Å². The molecule has 0 amide bonds. The summed E-state index contributed by atoms with van der Waals surface area (Å²) < 4.78 is 6.56. The van der Waals surface area contributed by atoms with Crippen molar-refractivity contribution >= 4 is 60.5 Å². The summed E-state index contributed by atoms with van der Waals surface area (Å²) in [5, 5.41) is 7.14. The molecule has 0 aliphatic carbocycles. The Balaban J connectivity index is 1.19. The van der Waals surface area contributed by atoms with Crippen LogP contribution in [-0.4, -0.2) is 0 Å². The van der Waals surface area contributed by atoms with Gasteiger partial charge in [-0.15, -0.1) is 0 Å². The van der Waals surface area contributed by atoms with Crippen molar-refractivity contribution in [2.24, 2.45) is 0 Å². The number of benzene rings is 8. The van der Waals surface area contributed by atoms with E-state index in [4.69, 9.17) is 4.42 Å². The van der Waals surface area contributed by atoms with E-state index in [0.717, 1.165) is 39.0 Å². The van der Waals surface area contributed by atoms with E-state index >= 15 is 0 Å². The van der Waals surface area contributed by atoms with E-state index in [-0.39, 0.29) is 0 Å². The first-order valence-electron chi connectivity index (χ1n) is 15.7. The maximum atomic E-state index is 6.56. The van der Waals surface area contributed by atoms with Crippen molar-refractivity contribution in [3.05, 3.63) is 176 Å². The van der Waals surface area contributed by atoms with Crippen LogP contribution in [0, 0.1) is 0 Å². The highest BCUT2D eigenvalue weighted by molar-refractivity contribution is 6.11. The first kappa shape index (κ1) is 26.3. The van der Waals surface area contributed by atoms with Crippen LogP contribution in [-0.2, 0) is 0 Å². The molecule has 1 heterocycles. The van der Waals surface area contributed by atoms with Gasteiger partial charge in [0.25, 0.3) is 0 Å². The van der Waals surface area contributed by atoms with Crippen LogP contribution in [0.1, 0.15) is 0 Å². The molecule has 0 N–H and O–H groups in total. The van der Waals surface area contributed by atoms with Crippen LogP contribution in [0.3, 0.4) is 0 Å². The molecular weight excluding hydrogens is 558 g/mol. The maximum absolute atomic E-state index is 6.56. The number of hydrogen-bond donors (Lipinski definition) is 0. The Labute approximate surface area is 267 Å². The SMILES string of the molecule is c1cc(-c2ccc(N(c3cccc4ccccc34)c3cccc4c3oc3ccccc34)cc2)cc(-c2cccc3ccccc23)c1. The minimum atomic E-state index is 0.878. The zero-order chi connectivity index (χ0) is 30.5. The molecule has 0 radical (unpaired) electrons. The van der Waals surface area contributed by atoms with Gasteiger partial charge in [-0.2, -0.15) is 0 Å². The Morgan fingerprint density at radius 2 is 0.957 bits per heavy atom. The molecule has 9 aromatic rings. The van der Waals surface area contributed by atoms with Crippen LogP contribution in [0.4, 0.5) is 17.1 Å². The van der Waals surface area contributed by atoms with E-state index in [1.807, 2.05) is 12.1 Å². The smallest absolute Gasteiger partial charge is 0.159 e. The van der Waals surface area contributed by atoms with Gasteiger partial charge in [0.05, 0.1) is 11.4 Å². The molecule has 0 saturated carbocycles. The number of rotatable bonds is 5. The summed E-state index contributed by atoms with van der Waals surface area (Å²) in [6, 6.07) is 62.7. The zero-order valence-electron chi connectivity index (χ0n) is 25.1. The summed E-state index contributed by atoms with van der Waals surface area (Å²) >= 11 is 0. The predicted molar refractivity (Wildman–Crippen MR) is 194 cm³/mol. The summed E-state index contributed by atoms with van der Waals surface area (Å²) in [5.41, 5.74) is 9.78. The largest absolute Gasteiger partial charge is 0.454 e. The second-order valence-corrected chi connectivity index (χ2v) is 11.7. The van der Waals surface area contributed by atoms with Crippen molar-refractivity contribution in [3.8, 4) is 22.3 Å². The van der Waals surface area contributed by atoms with Crippen LogP contribution >= 0.6 is 0 Å². The molecule has 0 spiro atoms. The molecule has 0 unspecified atom stereocenters. The van der Waals surface area contributed by atoms with Gasteiger partial charge < -0.3 is 9.32 Å². The first-order chi connectivity index (χ1) is 22.8. The fraction of sp³-hybridized carbons (Fsp3) is 0. The molecule has 8 aromatic carbocycles. The molecule has 216 valence electrons. The Hall–Kier alpha value is -6.12. The minimum Gasteiger partial charge on any atom is -0.454 e. The lowest BCUT2D eigenvalue weighted by atomic mass is 9.95. The molecular formula is C44H29NO. The van der Waals surface area contributed by atoms with Gasteiger partial charge in [0.2, 0.25) is 0 Å². The van der Waals surface area contributed by atoms with Crippen LogP contribution in [0.5, 0.6) is 0 Å². The van der Waals surface area contributed by atoms with Gasteiger partial charge in [-0.3, -0.25) is 0 Å². The predicted octanol–water partition coefficient (Wildman–Crippen LogP) is 12.7. The van der Waals surface area contributed by atoms with Crippen molar-refractivity contribution in [1.82, 2.24) is 0 Å². The van der Waals surface area contributed by atoms with E-state index in [1.165, 1.54) is 43.8 Å². The summed E-state index contributed by atoms with van der Waals surface area (Å²) in [4.78, 5) is 2.34. The number of furan rings is 1. The number of fused-ring (bicyclic) bond motifs is 5. The number of anilines is 3. The summed E-state index contributed by atoms with van der Waals surface area (Å²) in [5.74, 6) is 0. The molecule has 46 heavy (non-hydrogen) atoms. The molecule has 0 bridgehead atoms. The third kappa shape index (κ3) is 4.35. The molecule has 0 saturated heterocycles. The lowest BCUT2D eigenvalue weighted by Gasteiger charge is -2.27. The topological polar surface area (TPSA) is 16.4 Å². The highest BCUT2D eigenvalue weighted by Crippen LogP contribution is 2.44. The first-order valence-corrected chi connectivity index (χ1v) is 15.7. The van der Waals surface area contributed by atoms with Crippen LogP contribution in [0.2, 0.25) is 0 Å². The van der Waals surface area contributed by atoms with Crippen molar-refractivity contribution < 1.29 is 4.42 Å². The fourth-order valence-corrected chi connectivity index (χ4v) is 6.87. The van der Waals surface area contributed by atoms with Crippen molar-refractivity contribution in [2.75, 3.05) is 4.90 Å². The van der Waals surface area contributed by atoms with Crippen molar-refractivity contribution in [3.63, 3.8) is 0 Å². The lowest BCUT2D eigenvalue weighted by Crippen LogP contribution is -2.10. The standard InChI is InChI=1S/C44H29NO/c1-3-17-36-31(11-1)13-8-20-37(36)34-16-7-15-33(29-34)30-25-27-35(28-26-30)45(41-22-9-14-32-12-2-4-18-38(32)41)42-23-10-21-40-39-19-5-6-24-43(39)46-44(40)42/h1-29H. The van der Waals surface area contributed by atoms with Crippen LogP contribution < -0.4 is 4.90 Å². The van der Waals surface area contributed by atoms with E-state index in [2.05, 4.69) is 169 Å². The summed E-state index contributed by atoms with van der Waals surface area (Å²) in [7, 11) is 0. The Morgan fingerprint density at radius 3 is 1.80 bits per heavy atom. The van der Waals surface area contributed by atoms with Gasteiger partial charge in [-0.05, 0) is 74.8 Å². The quantitative estimate of drug-likeness (QED) is 0.199. The van der Waals surface area contributed by atoms with Gasteiger partial charge in [0.1, 0.15) is 5.58 Å². The Bertz CT molecular complexity index is 2530. The monoisotopic (exact) mass is 587 g/mol. The van der Waals surface area contributed by atoms with Gasteiger partial charge >= 0.3 is 0 Å². The molecule has 0 aliphatic rings. The van der Waals surface area contributed by atoms with Crippen LogP contribution in [0.15, 0.2) is 180 Å². The van der Waals surface area contributed by atoms with E-state index in [0.29, 0.717) is 0 Å². The molecule has 0 fully saturated rings.